The zero-order chi connectivity index (χ0) is 16.0. The minimum Gasteiger partial charge on any atom is -0.462 e. The van der Waals surface area contributed by atoms with Crippen molar-refractivity contribution in [3.63, 3.8) is 0 Å². The van der Waals surface area contributed by atoms with E-state index in [0.29, 0.717) is 11.5 Å². The van der Waals surface area contributed by atoms with Crippen LogP contribution >= 0.6 is 11.3 Å². The maximum absolute atomic E-state index is 11.9. The summed E-state index contributed by atoms with van der Waals surface area (Å²) < 4.78 is 28.7. The Morgan fingerprint density at radius 2 is 2.00 bits per heavy atom. The van der Waals surface area contributed by atoms with Crippen molar-refractivity contribution in [1.82, 2.24) is 0 Å². The lowest BCUT2D eigenvalue weighted by molar-refractivity contribution is 0.0533. The second kappa shape index (κ2) is 7.65. The maximum atomic E-state index is 11.9. The van der Waals surface area contributed by atoms with Gasteiger partial charge in [0.15, 0.2) is 9.84 Å². The van der Waals surface area contributed by atoms with Crippen LogP contribution in [-0.2, 0) is 14.6 Å². The Labute approximate surface area is 129 Å². The van der Waals surface area contributed by atoms with Gasteiger partial charge in [-0.1, -0.05) is 19.8 Å². The molecule has 0 saturated carbocycles. The molecule has 0 unspecified atom stereocenters. The summed E-state index contributed by atoms with van der Waals surface area (Å²) in [5, 5.41) is 3.48. The van der Waals surface area contributed by atoms with Gasteiger partial charge in [0.1, 0.15) is 14.8 Å². The average Bonchev–Trinajstić information content (AvgIpc) is 2.72. The molecular weight excluding hydrogens is 312 g/mol. The van der Waals surface area contributed by atoms with Crippen LogP contribution in [0.4, 0.5) is 10.7 Å². The van der Waals surface area contributed by atoms with Crippen LogP contribution in [0.1, 0.15) is 42.8 Å². The Hall–Kier alpha value is -1.28. The lowest BCUT2D eigenvalue weighted by Gasteiger charge is -2.06. The topological polar surface area (TPSA) is 98.5 Å². The summed E-state index contributed by atoms with van der Waals surface area (Å²) in [6, 6.07) is 0. The molecule has 6 nitrogen and oxygen atoms in total. The highest BCUT2D eigenvalue weighted by Gasteiger charge is 2.27. The molecule has 0 aromatic carbocycles. The fourth-order valence-corrected chi connectivity index (χ4v) is 4.33. The van der Waals surface area contributed by atoms with Crippen LogP contribution in [-0.4, -0.2) is 33.8 Å². The third-order valence-electron chi connectivity index (χ3n) is 2.80. The summed E-state index contributed by atoms with van der Waals surface area (Å²) in [6.45, 7) is 4.62. The van der Waals surface area contributed by atoms with E-state index in [1.807, 2.05) is 0 Å². The molecule has 1 rings (SSSR count). The first kappa shape index (κ1) is 17.8. The van der Waals surface area contributed by atoms with Gasteiger partial charge in [-0.15, -0.1) is 11.3 Å². The standard InChI is InChI=1S/C13H22N2O4S2/c1-4-6-7-8-15-12-11(21(3,17)18)9(14)10(20-12)13(16)19-5-2/h15H,4-8,14H2,1-3H3. The monoisotopic (exact) mass is 334 g/mol. The number of unbranched alkanes of at least 4 members (excludes halogenated alkanes) is 2. The second-order valence-corrected chi connectivity index (χ2v) is 7.60. The number of nitrogens with two attached hydrogens (primary N) is 1. The number of hydrogen-bond acceptors (Lipinski definition) is 7. The van der Waals surface area contributed by atoms with Gasteiger partial charge in [-0.3, -0.25) is 0 Å². The van der Waals surface area contributed by atoms with E-state index >= 15 is 0 Å². The molecule has 1 aromatic rings. The number of sulfone groups is 1. The van der Waals surface area contributed by atoms with Gasteiger partial charge in [0, 0.05) is 12.8 Å². The lowest BCUT2D eigenvalue weighted by atomic mass is 10.2. The molecule has 1 heterocycles. The molecule has 0 fully saturated rings. The molecule has 0 saturated heterocycles. The van der Waals surface area contributed by atoms with E-state index < -0.39 is 15.8 Å². The normalized spacial score (nSPS) is 11.4. The Morgan fingerprint density at radius 3 is 2.52 bits per heavy atom. The van der Waals surface area contributed by atoms with E-state index in [-0.39, 0.29) is 22.1 Å². The van der Waals surface area contributed by atoms with Crippen molar-refractivity contribution < 1.29 is 17.9 Å². The summed E-state index contributed by atoms with van der Waals surface area (Å²) in [5.74, 6) is -0.591. The summed E-state index contributed by atoms with van der Waals surface area (Å²) in [6.07, 6.45) is 4.12. The highest BCUT2D eigenvalue weighted by Crippen LogP contribution is 2.39. The Morgan fingerprint density at radius 1 is 1.33 bits per heavy atom. The molecule has 0 amide bonds. The molecule has 3 N–H and O–H groups in total. The molecular formula is C13H22N2O4S2. The van der Waals surface area contributed by atoms with E-state index in [4.69, 9.17) is 10.5 Å². The largest absolute Gasteiger partial charge is 0.462 e. The SMILES string of the molecule is CCCCCNc1sc(C(=O)OCC)c(N)c1S(C)(=O)=O. The third kappa shape index (κ3) is 4.60. The van der Waals surface area contributed by atoms with Crippen molar-refractivity contribution in [2.45, 2.75) is 38.0 Å². The van der Waals surface area contributed by atoms with Gasteiger partial charge in [-0.2, -0.15) is 0 Å². The van der Waals surface area contributed by atoms with Gasteiger partial charge in [-0.25, -0.2) is 13.2 Å². The second-order valence-electron chi connectivity index (χ2n) is 4.63. The fraction of sp³-hybridized carbons (Fsp3) is 0.615. The number of carbonyl (C=O) groups is 1. The Balaban J connectivity index is 3.10. The number of nitrogens with one attached hydrogen (secondary N) is 1. The molecule has 21 heavy (non-hydrogen) atoms. The van der Waals surface area contributed by atoms with Gasteiger partial charge >= 0.3 is 5.97 Å². The number of hydrogen-bond donors (Lipinski definition) is 2. The van der Waals surface area contributed by atoms with Crippen LogP contribution in [0.3, 0.4) is 0 Å². The van der Waals surface area contributed by atoms with E-state index in [1.54, 1.807) is 6.92 Å². The van der Waals surface area contributed by atoms with Crippen molar-refractivity contribution in [2.75, 3.05) is 30.5 Å². The van der Waals surface area contributed by atoms with Crippen LogP contribution in [0.25, 0.3) is 0 Å². The number of carbonyl (C=O) groups excluding carboxylic acids is 1. The van der Waals surface area contributed by atoms with Crippen LogP contribution < -0.4 is 11.1 Å². The molecule has 0 spiro atoms. The quantitative estimate of drug-likeness (QED) is 0.560. The zero-order valence-electron chi connectivity index (χ0n) is 12.6. The minimum atomic E-state index is -3.52. The Bertz CT molecular complexity index is 594. The highest BCUT2D eigenvalue weighted by atomic mass is 32.2. The Kier molecular flexibility index (Phi) is 6.47. The molecule has 8 heteroatoms. The number of thiophene rings is 1. The van der Waals surface area contributed by atoms with E-state index in [9.17, 15) is 13.2 Å². The molecule has 1 aromatic heterocycles. The number of esters is 1. The summed E-state index contributed by atoms with van der Waals surface area (Å²) >= 11 is 1.03. The van der Waals surface area contributed by atoms with Crippen LogP contribution in [0, 0.1) is 0 Å². The lowest BCUT2D eigenvalue weighted by Crippen LogP contribution is -2.08. The molecule has 0 aliphatic heterocycles. The predicted molar refractivity (Wildman–Crippen MR) is 85.8 cm³/mol. The van der Waals surface area contributed by atoms with Gasteiger partial charge in [0.25, 0.3) is 0 Å². The number of rotatable bonds is 8. The van der Waals surface area contributed by atoms with Gasteiger partial charge < -0.3 is 15.8 Å². The smallest absolute Gasteiger partial charge is 0.350 e. The third-order valence-corrected chi connectivity index (χ3v) is 5.24. The van der Waals surface area contributed by atoms with Crippen LogP contribution in [0.5, 0.6) is 0 Å². The van der Waals surface area contributed by atoms with Gasteiger partial charge in [-0.05, 0) is 13.3 Å². The van der Waals surface area contributed by atoms with Crippen molar-refractivity contribution in [1.29, 1.82) is 0 Å². The van der Waals surface area contributed by atoms with E-state index in [0.717, 1.165) is 36.9 Å². The molecule has 0 atom stereocenters. The summed E-state index contributed by atoms with van der Waals surface area (Å²) in [5.41, 5.74) is 5.81. The minimum absolute atomic E-state index is 0.00736. The van der Waals surface area contributed by atoms with Crippen molar-refractivity contribution in [2.24, 2.45) is 0 Å². The maximum Gasteiger partial charge on any atom is 0.350 e. The fourth-order valence-electron chi connectivity index (χ4n) is 1.84. The van der Waals surface area contributed by atoms with Gasteiger partial charge in [0.2, 0.25) is 0 Å². The first-order valence-electron chi connectivity index (χ1n) is 6.86. The van der Waals surface area contributed by atoms with E-state index in [1.165, 1.54) is 0 Å². The van der Waals surface area contributed by atoms with Crippen molar-refractivity contribution in [3.8, 4) is 0 Å². The van der Waals surface area contributed by atoms with Gasteiger partial charge in [0.05, 0.1) is 12.3 Å². The number of anilines is 2. The molecule has 0 aliphatic carbocycles. The van der Waals surface area contributed by atoms with Crippen LogP contribution in [0.2, 0.25) is 0 Å². The van der Waals surface area contributed by atoms with Crippen LogP contribution in [0.15, 0.2) is 4.90 Å². The zero-order valence-corrected chi connectivity index (χ0v) is 14.2. The predicted octanol–water partition coefficient (Wildman–Crippen LogP) is 2.51. The summed E-state index contributed by atoms with van der Waals surface area (Å²) in [4.78, 5) is 11.9. The van der Waals surface area contributed by atoms with Crippen molar-refractivity contribution in [3.05, 3.63) is 4.88 Å². The van der Waals surface area contributed by atoms with Crippen molar-refractivity contribution >= 4 is 37.8 Å². The first-order valence-corrected chi connectivity index (χ1v) is 9.57. The number of ether oxygens (including phenoxy) is 1. The molecule has 120 valence electrons. The molecule has 0 bridgehead atoms. The summed E-state index contributed by atoms with van der Waals surface area (Å²) in [7, 11) is -3.52. The average molecular weight is 334 g/mol. The first-order chi connectivity index (χ1) is 9.82. The highest BCUT2D eigenvalue weighted by molar-refractivity contribution is 7.91. The molecule has 0 radical (unpaired) electrons. The molecule has 0 aliphatic rings. The number of nitrogen functional groups attached to an aromatic ring is 1. The van der Waals surface area contributed by atoms with E-state index in [2.05, 4.69) is 12.2 Å².